The quantitative estimate of drug-likeness (QED) is 0.484. The number of hydrogen-bond acceptors (Lipinski definition) is 2. The Morgan fingerprint density at radius 2 is 1.79 bits per heavy atom. The van der Waals surface area contributed by atoms with Crippen molar-refractivity contribution >= 4 is 11.0 Å². The van der Waals surface area contributed by atoms with Gasteiger partial charge in [0.25, 0.3) is 0 Å². The fourth-order valence-electron chi connectivity index (χ4n) is 3.51. The maximum absolute atomic E-state index is 14.6. The third-order valence-electron chi connectivity index (χ3n) is 4.89. The molecule has 0 amide bonds. The number of pyridine rings is 2. The summed E-state index contributed by atoms with van der Waals surface area (Å²) in [7, 11) is 0. The van der Waals surface area contributed by atoms with Gasteiger partial charge in [-0.1, -0.05) is 12.1 Å². The first-order valence-corrected chi connectivity index (χ1v) is 9.31. The van der Waals surface area contributed by atoms with Gasteiger partial charge >= 0.3 is 0 Å². The van der Waals surface area contributed by atoms with E-state index in [1.807, 2.05) is 32.2 Å². The van der Waals surface area contributed by atoms with E-state index in [2.05, 4.69) is 21.0 Å². The Labute approximate surface area is 162 Å². The van der Waals surface area contributed by atoms with E-state index in [1.165, 1.54) is 12.1 Å². The third-order valence-corrected chi connectivity index (χ3v) is 4.89. The van der Waals surface area contributed by atoms with Crippen LogP contribution in [0, 0.1) is 25.6 Å². The SMILES string of the molecule is Cc1cc(F)cc(CCc2ccc(Cc3c[nH]c4ncc(C)cc34)c(F)n2)c1. The Balaban J connectivity index is 1.50. The van der Waals surface area contributed by atoms with Crippen LogP contribution in [-0.2, 0) is 19.3 Å². The van der Waals surface area contributed by atoms with Crippen LogP contribution in [0.5, 0.6) is 0 Å². The van der Waals surface area contributed by atoms with E-state index in [0.29, 0.717) is 30.5 Å². The van der Waals surface area contributed by atoms with Crippen molar-refractivity contribution in [3.8, 4) is 0 Å². The van der Waals surface area contributed by atoms with Gasteiger partial charge in [-0.3, -0.25) is 0 Å². The van der Waals surface area contributed by atoms with Crippen molar-refractivity contribution in [1.82, 2.24) is 15.0 Å². The molecule has 0 saturated carbocycles. The van der Waals surface area contributed by atoms with Gasteiger partial charge in [0.1, 0.15) is 11.5 Å². The third kappa shape index (κ3) is 3.93. The van der Waals surface area contributed by atoms with Crippen molar-refractivity contribution in [2.45, 2.75) is 33.1 Å². The van der Waals surface area contributed by atoms with Gasteiger partial charge in [0.15, 0.2) is 0 Å². The second-order valence-electron chi connectivity index (χ2n) is 7.29. The van der Waals surface area contributed by atoms with Crippen LogP contribution < -0.4 is 0 Å². The predicted octanol–water partition coefficient (Wildman–Crippen LogP) is 5.23. The molecule has 28 heavy (non-hydrogen) atoms. The van der Waals surface area contributed by atoms with Crippen LogP contribution >= 0.6 is 0 Å². The number of benzene rings is 1. The fraction of sp³-hybridized carbons (Fsp3) is 0.217. The number of rotatable bonds is 5. The maximum Gasteiger partial charge on any atom is 0.216 e. The van der Waals surface area contributed by atoms with E-state index in [1.54, 1.807) is 12.3 Å². The van der Waals surface area contributed by atoms with Crippen molar-refractivity contribution in [3.63, 3.8) is 0 Å². The Morgan fingerprint density at radius 3 is 2.57 bits per heavy atom. The fourth-order valence-corrected chi connectivity index (χ4v) is 3.51. The average molecular weight is 377 g/mol. The minimum absolute atomic E-state index is 0.243. The largest absolute Gasteiger partial charge is 0.346 e. The van der Waals surface area contributed by atoms with Gasteiger partial charge in [0.2, 0.25) is 5.95 Å². The van der Waals surface area contributed by atoms with Crippen molar-refractivity contribution in [3.05, 3.63) is 94.1 Å². The van der Waals surface area contributed by atoms with Gasteiger partial charge in [-0.2, -0.15) is 4.39 Å². The summed E-state index contributed by atoms with van der Waals surface area (Å²) in [5, 5.41) is 1.00. The molecule has 3 nitrogen and oxygen atoms in total. The Bertz CT molecular complexity index is 1130. The lowest BCUT2D eigenvalue weighted by atomic mass is 10.0. The minimum Gasteiger partial charge on any atom is -0.346 e. The first-order chi connectivity index (χ1) is 13.5. The molecule has 142 valence electrons. The van der Waals surface area contributed by atoms with E-state index >= 15 is 0 Å². The number of aryl methyl sites for hydroxylation is 4. The molecular weight excluding hydrogens is 356 g/mol. The number of nitrogens with one attached hydrogen (secondary N) is 1. The predicted molar refractivity (Wildman–Crippen MR) is 106 cm³/mol. The lowest BCUT2D eigenvalue weighted by Crippen LogP contribution is -2.01. The molecule has 1 aromatic carbocycles. The molecule has 4 aromatic rings. The molecule has 0 fully saturated rings. The summed E-state index contributed by atoms with van der Waals surface area (Å²) in [4.78, 5) is 11.6. The summed E-state index contributed by atoms with van der Waals surface area (Å²) in [5.74, 6) is -0.698. The summed E-state index contributed by atoms with van der Waals surface area (Å²) in [6.07, 6.45) is 5.32. The van der Waals surface area contributed by atoms with Gasteiger partial charge in [0, 0.05) is 35.5 Å². The summed E-state index contributed by atoms with van der Waals surface area (Å²) in [5.41, 5.74) is 5.85. The van der Waals surface area contributed by atoms with E-state index in [9.17, 15) is 8.78 Å². The Hall–Kier alpha value is -3.08. The smallest absolute Gasteiger partial charge is 0.216 e. The second kappa shape index (κ2) is 7.50. The average Bonchev–Trinajstić information content (AvgIpc) is 3.03. The van der Waals surface area contributed by atoms with Crippen LogP contribution in [0.4, 0.5) is 8.78 Å². The highest BCUT2D eigenvalue weighted by Gasteiger charge is 2.11. The summed E-state index contributed by atoms with van der Waals surface area (Å²) >= 11 is 0. The molecule has 0 atom stereocenters. The highest BCUT2D eigenvalue weighted by atomic mass is 19.1. The highest BCUT2D eigenvalue weighted by Crippen LogP contribution is 2.22. The molecule has 0 bridgehead atoms. The zero-order chi connectivity index (χ0) is 19.7. The standard InChI is InChI=1S/C23H21F2N3/c1-14-7-16(10-19(24)8-14)3-5-20-6-4-17(22(25)28-20)11-18-13-27-23-21(18)9-15(2)12-26-23/h4,6-10,12-13H,3,5,11H2,1-2H3,(H,26,27). The van der Waals surface area contributed by atoms with Crippen LogP contribution in [0.25, 0.3) is 11.0 Å². The van der Waals surface area contributed by atoms with Gasteiger partial charge in [0.05, 0.1) is 0 Å². The molecule has 0 aliphatic heterocycles. The summed E-state index contributed by atoms with van der Waals surface area (Å²) in [6, 6.07) is 10.7. The molecule has 5 heteroatoms. The molecule has 0 saturated heterocycles. The van der Waals surface area contributed by atoms with Gasteiger partial charge < -0.3 is 4.98 Å². The number of halogens is 2. The van der Waals surface area contributed by atoms with Crippen LogP contribution in [0.1, 0.15) is 33.5 Å². The van der Waals surface area contributed by atoms with Crippen molar-refractivity contribution in [1.29, 1.82) is 0 Å². The van der Waals surface area contributed by atoms with Gasteiger partial charge in [-0.05, 0) is 73.2 Å². The van der Waals surface area contributed by atoms with E-state index in [0.717, 1.165) is 33.3 Å². The van der Waals surface area contributed by atoms with Crippen LogP contribution in [0.2, 0.25) is 0 Å². The van der Waals surface area contributed by atoms with E-state index in [-0.39, 0.29) is 5.82 Å². The van der Waals surface area contributed by atoms with Crippen LogP contribution in [-0.4, -0.2) is 15.0 Å². The zero-order valence-corrected chi connectivity index (χ0v) is 15.9. The van der Waals surface area contributed by atoms with Crippen molar-refractivity contribution in [2.75, 3.05) is 0 Å². The molecule has 4 rings (SSSR count). The number of fused-ring (bicyclic) bond motifs is 1. The molecule has 0 aliphatic carbocycles. The van der Waals surface area contributed by atoms with E-state index < -0.39 is 5.95 Å². The zero-order valence-electron chi connectivity index (χ0n) is 15.9. The molecule has 3 heterocycles. The van der Waals surface area contributed by atoms with Gasteiger partial charge in [-0.15, -0.1) is 0 Å². The monoisotopic (exact) mass is 377 g/mol. The number of nitrogens with zero attached hydrogens (tertiary/aromatic N) is 2. The summed E-state index contributed by atoms with van der Waals surface area (Å²) in [6.45, 7) is 3.85. The molecule has 3 aromatic heterocycles. The van der Waals surface area contributed by atoms with Crippen LogP contribution in [0.15, 0.2) is 48.8 Å². The highest BCUT2D eigenvalue weighted by molar-refractivity contribution is 5.80. The van der Waals surface area contributed by atoms with Crippen LogP contribution in [0.3, 0.4) is 0 Å². The number of H-pyrrole nitrogens is 1. The molecule has 1 N–H and O–H groups in total. The van der Waals surface area contributed by atoms with E-state index in [4.69, 9.17) is 0 Å². The molecular formula is C23H21F2N3. The maximum atomic E-state index is 14.6. The Morgan fingerprint density at radius 1 is 0.929 bits per heavy atom. The number of hydrogen-bond donors (Lipinski definition) is 1. The topological polar surface area (TPSA) is 41.6 Å². The molecule has 0 aliphatic rings. The lowest BCUT2D eigenvalue weighted by Gasteiger charge is -2.07. The minimum atomic E-state index is -0.456. The summed E-state index contributed by atoms with van der Waals surface area (Å²) < 4.78 is 28.1. The molecule has 0 radical (unpaired) electrons. The van der Waals surface area contributed by atoms with Crippen molar-refractivity contribution < 1.29 is 8.78 Å². The normalized spacial score (nSPS) is 11.3. The first-order valence-electron chi connectivity index (χ1n) is 9.31. The molecule has 0 spiro atoms. The second-order valence-corrected chi connectivity index (χ2v) is 7.29. The Kier molecular flexibility index (Phi) is 4.90. The number of aromatic amines is 1. The number of aromatic nitrogens is 3. The van der Waals surface area contributed by atoms with Gasteiger partial charge in [-0.25, -0.2) is 14.4 Å². The molecule has 0 unspecified atom stereocenters. The first kappa shape index (κ1) is 18.3. The van der Waals surface area contributed by atoms with Crippen molar-refractivity contribution in [2.24, 2.45) is 0 Å². The lowest BCUT2D eigenvalue weighted by molar-refractivity contribution is 0.562.